The fraction of sp³-hybridized carbons (Fsp3) is 0.273. The van der Waals surface area contributed by atoms with Crippen LogP contribution in [0.2, 0.25) is 0 Å². The summed E-state index contributed by atoms with van der Waals surface area (Å²) in [6.45, 7) is 1.85. The molecule has 1 aliphatic rings. The predicted molar refractivity (Wildman–Crippen MR) is 65.1 cm³/mol. The molecule has 6 heteroatoms. The molecule has 0 saturated carbocycles. The number of hydrogen-bond donors (Lipinski definition) is 2. The van der Waals surface area contributed by atoms with Crippen LogP contribution in [0.3, 0.4) is 0 Å². The molecule has 2 N–H and O–H groups in total. The van der Waals surface area contributed by atoms with E-state index in [1.54, 1.807) is 18.5 Å². The number of esters is 1. The van der Waals surface area contributed by atoms with Crippen LogP contribution >= 0.6 is 11.6 Å². The van der Waals surface area contributed by atoms with Gasteiger partial charge in [-0.05, 0) is 13.0 Å². The molecule has 0 fully saturated rings. The highest BCUT2D eigenvalue weighted by atomic mass is 35.5. The maximum Gasteiger partial charge on any atom is 0.354 e. The van der Waals surface area contributed by atoms with Crippen LogP contribution in [0, 0.1) is 0 Å². The monoisotopic (exact) mass is 253 g/mol. The quantitative estimate of drug-likeness (QED) is 0.792. The third-order valence-electron chi connectivity index (χ3n) is 2.43. The van der Waals surface area contributed by atoms with Crippen molar-refractivity contribution in [2.45, 2.75) is 13.0 Å². The second-order valence-corrected chi connectivity index (χ2v) is 4.07. The fourth-order valence-electron chi connectivity index (χ4n) is 1.58. The predicted octanol–water partition coefficient (Wildman–Crippen LogP) is 1.94. The maximum absolute atomic E-state index is 11.3. The van der Waals surface area contributed by atoms with E-state index in [9.17, 15) is 4.79 Å². The second kappa shape index (κ2) is 4.63. The number of methoxy groups -OCH3 is 1. The minimum Gasteiger partial charge on any atom is -0.464 e. The van der Waals surface area contributed by atoms with Crippen molar-refractivity contribution in [3.05, 3.63) is 34.8 Å². The van der Waals surface area contributed by atoms with Gasteiger partial charge < -0.3 is 15.0 Å². The smallest absolute Gasteiger partial charge is 0.354 e. The summed E-state index contributed by atoms with van der Waals surface area (Å²) in [5.41, 5.74) is 1.21. The van der Waals surface area contributed by atoms with Crippen LogP contribution in [0.25, 0.3) is 0 Å². The highest BCUT2D eigenvalue weighted by Gasteiger charge is 2.20. The summed E-state index contributed by atoms with van der Waals surface area (Å²) >= 11 is 6.07. The Bertz CT molecular complexity index is 505. The first-order valence-electron chi connectivity index (χ1n) is 5.05. The molecule has 1 aromatic rings. The normalized spacial score (nSPS) is 19.1. The van der Waals surface area contributed by atoms with E-state index in [0.29, 0.717) is 10.7 Å². The number of carbonyl (C=O) groups is 1. The molecule has 0 radical (unpaired) electrons. The number of halogens is 1. The minimum atomic E-state index is -0.411. The Hall–Kier alpha value is -1.75. The number of nitrogens with one attached hydrogen (secondary N) is 2. The first kappa shape index (κ1) is 11.7. The van der Waals surface area contributed by atoms with Crippen LogP contribution in [0.1, 0.15) is 29.0 Å². The molecule has 1 aromatic heterocycles. The van der Waals surface area contributed by atoms with E-state index in [1.807, 2.05) is 6.92 Å². The van der Waals surface area contributed by atoms with Gasteiger partial charge in [0.05, 0.1) is 18.0 Å². The van der Waals surface area contributed by atoms with Crippen LogP contribution in [-0.2, 0) is 4.74 Å². The van der Waals surface area contributed by atoms with E-state index >= 15 is 0 Å². The zero-order valence-electron chi connectivity index (χ0n) is 9.45. The van der Waals surface area contributed by atoms with E-state index in [1.165, 1.54) is 7.11 Å². The summed E-state index contributed by atoms with van der Waals surface area (Å²) in [5, 5.41) is 3.50. The van der Waals surface area contributed by atoms with Gasteiger partial charge in [-0.3, -0.25) is 4.99 Å². The van der Waals surface area contributed by atoms with E-state index in [4.69, 9.17) is 11.6 Å². The number of aliphatic imine (C=N–C) groups is 1. The van der Waals surface area contributed by atoms with Gasteiger partial charge in [-0.25, -0.2) is 4.79 Å². The van der Waals surface area contributed by atoms with Crippen molar-refractivity contribution in [2.75, 3.05) is 7.11 Å². The topological polar surface area (TPSA) is 66.5 Å². The molecule has 2 heterocycles. The van der Waals surface area contributed by atoms with Gasteiger partial charge in [0.25, 0.3) is 0 Å². The van der Waals surface area contributed by atoms with Crippen LogP contribution in [0.5, 0.6) is 0 Å². The Labute approximate surface area is 104 Å². The number of ether oxygens (including phenoxy) is 1. The Morgan fingerprint density at radius 2 is 2.35 bits per heavy atom. The van der Waals surface area contributed by atoms with E-state index < -0.39 is 5.97 Å². The average Bonchev–Trinajstić information content (AvgIpc) is 2.80. The van der Waals surface area contributed by atoms with Gasteiger partial charge in [-0.2, -0.15) is 0 Å². The number of amidine groups is 1. The van der Waals surface area contributed by atoms with Crippen molar-refractivity contribution in [1.29, 1.82) is 0 Å². The molecular weight excluding hydrogens is 242 g/mol. The Morgan fingerprint density at radius 3 is 3.06 bits per heavy atom. The van der Waals surface area contributed by atoms with Crippen molar-refractivity contribution in [1.82, 2.24) is 10.3 Å². The molecule has 1 atom stereocenters. The zero-order chi connectivity index (χ0) is 12.4. The average molecular weight is 254 g/mol. The minimum absolute atomic E-state index is 0.271. The summed E-state index contributed by atoms with van der Waals surface area (Å²) in [6.07, 6.45) is 3.40. The Balaban J connectivity index is 2.28. The summed E-state index contributed by atoms with van der Waals surface area (Å²) < 4.78 is 4.62. The lowest BCUT2D eigenvalue weighted by Crippen LogP contribution is -2.20. The van der Waals surface area contributed by atoms with Crippen molar-refractivity contribution in [2.24, 2.45) is 4.99 Å². The number of H-pyrrole nitrogens is 1. The highest BCUT2D eigenvalue weighted by Crippen LogP contribution is 2.30. The lowest BCUT2D eigenvalue weighted by atomic mass is 10.1. The third kappa shape index (κ3) is 2.34. The molecule has 0 aromatic carbocycles. The van der Waals surface area contributed by atoms with Gasteiger partial charge in [0, 0.05) is 18.0 Å². The molecule has 90 valence electrons. The highest BCUT2D eigenvalue weighted by molar-refractivity contribution is 6.30. The number of nitrogens with zero attached hydrogens (tertiary/aromatic N) is 1. The Kier molecular flexibility index (Phi) is 3.19. The number of rotatable bonds is 2. The third-order valence-corrected chi connectivity index (χ3v) is 2.75. The van der Waals surface area contributed by atoms with Gasteiger partial charge in [-0.1, -0.05) is 11.6 Å². The van der Waals surface area contributed by atoms with Crippen molar-refractivity contribution < 1.29 is 9.53 Å². The second-order valence-electron chi connectivity index (χ2n) is 3.63. The van der Waals surface area contributed by atoms with E-state index in [0.717, 1.165) is 11.4 Å². The summed E-state index contributed by atoms with van der Waals surface area (Å²) in [7, 11) is 1.34. The summed E-state index contributed by atoms with van der Waals surface area (Å²) in [6, 6.07) is 1.42. The van der Waals surface area contributed by atoms with Crippen LogP contribution in [-0.4, -0.2) is 23.9 Å². The largest absolute Gasteiger partial charge is 0.464 e. The van der Waals surface area contributed by atoms with E-state index in [-0.39, 0.29) is 6.04 Å². The standard InChI is InChI=1S/C11H12ClN3O2/c1-6-13-5-8(12)10(15-6)7-3-9(14-4-7)11(16)17-2/h3-5,10,14H,1-2H3,(H,13,15). The van der Waals surface area contributed by atoms with Crippen molar-refractivity contribution >= 4 is 23.4 Å². The maximum atomic E-state index is 11.3. The molecule has 0 saturated heterocycles. The molecular formula is C11H12ClN3O2. The van der Waals surface area contributed by atoms with Crippen LogP contribution in [0.4, 0.5) is 0 Å². The lowest BCUT2D eigenvalue weighted by Gasteiger charge is -2.16. The number of hydrogen-bond acceptors (Lipinski definition) is 4. The number of carbonyl (C=O) groups excluding carboxylic acids is 1. The first-order chi connectivity index (χ1) is 8.11. The molecule has 0 amide bonds. The lowest BCUT2D eigenvalue weighted by molar-refractivity contribution is 0.0595. The number of aromatic nitrogens is 1. The van der Waals surface area contributed by atoms with Gasteiger partial charge in [0.15, 0.2) is 0 Å². The summed E-state index contributed by atoms with van der Waals surface area (Å²) in [4.78, 5) is 18.5. The molecule has 2 rings (SSSR count). The SMILES string of the molecule is COC(=O)c1cc(C2N=C(C)NC=C2Cl)c[nH]1. The Morgan fingerprint density at radius 1 is 1.59 bits per heavy atom. The van der Waals surface area contributed by atoms with Crippen LogP contribution in [0.15, 0.2) is 28.5 Å². The van der Waals surface area contributed by atoms with Gasteiger partial charge in [0.1, 0.15) is 11.7 Å². The molecule has 1 aliphatic heterocycles. The first-order valence-corrected chi connectivity index (χ1v) is 5.42. The van der Waals surface area contributed by atoms with Gasteiger partial charge >= 0.3 is 5.97 Å². The number of aromatic amines is 1. The van der Waals surface area contributed by atoms with E-state index in [2.05, 4.69) is 20.0 Å². The summed E-state index contributed by atoms with van der Waals surface area (Å²) in [5.74, 6) is 0.367. The zero-order valence-corrected chi connectivity index (χ0v) is 10.2. The van der Waals surface area contributed by atoms with Crippen molar-refractivity contribution in [3.63, 3.8) is 0 Å². The van der Waals surface area contributed by atoms with Crippen molar-refractivity contribution in [3.8, 4) is 0 Å². The molecule has 1 unspecified atom stereocenters. The van der Waals surface area contributed by atoms with Gasteiger partial charge in [0.2, 0.25) is 0 Å². The molecule has 0 spiro atoms. The molecule has 0 bridgehead atoms. The molecule has 5 nitrogen and oxygen atoms in total. The molecule has 0 aliphatic carbocycles. The fourth-order valence-corrected chi connectivity index (χ4v) is 1.80. The van der Waals surface area contributed by atoms with Crippen LogP contribution < -0.4 is 5.32 Å². The molecule has 17 heavy (non-hydrogen) atoms. The van der Waals surface area contributed by atoms with Gasteiger partial charge in [-0.15, -0.1) is 0 Å².